The van der Waals surface area contributed by atoms with Crippen LogP contribution >= 0.6 is 11.6 Å². The zero-order chi connectivity index (χ0) is 10.3. The van der Waals surface area contributed by atoms with Crippen LogP contribution in [-0.4, -0.2) is 9.67 Å². The van der Waals surface area contributed by atoms with E-state index in [9.17, 15) is 5.11 Å². The summed E-state index contributed by atoms with van der Waals surface area (Å²) in [7, 11) is 1.68. The smallest absolute Gasteiger partial charge is 0.453 e. The molecule has 0 aliphatic carbocycles. The zero-order valence-electron chi connectivity index (χ0n) is 7.40. The van der Waals surface area contributed by atoms with Crippen LogP contribution in [0.2, 0.25) is 5.02 Å². The van der Waals surface area contributed by atoms with Gasteiger partial charge in [0.15, 0.2) is 4.98 Å². The summed E-state index contributed by atoms with van der Waals surface area (Å²) >= 11 is 5.80. The molecule has 2 rings (SSSR count). The maximum Gasteiger partial charge on any atom is 0.453 e. The molecule has 0 unspecified atom stereocenters. The van der Waals surface area contributed by atoms with Crippen molar-refractivity contribution in [1.29, 1.82) is 5.39 Å². The van der Waals surface area contributed by atoms with Crippen LogP contribution in [0.1, 0.15) is 0 Å². The number of hydrogen-bond acceptors (Lipinski definition) is 2. The number of halogens is 1. The van der Waals surface area contributed by atoms with Crippen LogP contribution in [0.15, 0.2) is 18.2 Å². The van der Waals surface area contributed by atoms with Gasteiger partial charge in [-0.15, -0.1) is 0 Å². The second-order valence-corrected chi connectivity index (χ2v) is 3.43. The van der Waals surface area contributed by atoms with Gasteiger partial charge in [-0.2, -0.15) is 0 Å². The lowest BCUT2D eigenvalue weighted by Gasteiger charge is -1.94. The van der Waals surface area contributed by atoms with Gasteiger partial charge in [-0.05, 0) is 18.2 Å². The highest BCUT2D eigenvalue weighted by Gasteiger charge is 2.24. The van der Waals surface area contributed by atoms with E-state index in [4.69, 9.17) is 17.0 Å². The van der Waals surface area contributed by atoms with Crippen molar-refractivity contribution >= 4 is 28.2 Å². The van der Waals surface area contributed by atoms with Crippen LogP contribution in [-0.2, 0) is 7.05 Å². The average molecular weight is 209 g/mol. The van der Waals surface area contributed by atoms with Crippen LogP contribution in [0, 0.1) is 5.39 Å². The van der Waals surface area contributed by atoms with Gasteiger partial charge in [-0.1, -0.05) is 11.6 Å². The molecule has 0 radical (unpaired) electrons. The van der Waals surface area contributed by atoms with E-state index < -0.39 is 0 Å². The lowest BCUT2D eigenvalue weighted by Crippen LogP contribution is -1.84. The highest BCUT2D eigenvalue weighted by atomic mass is 35.5. The molecule has 14 heavy (non-hydrogen) atoms. The van der Waals surface area contributed by atoms with Crippen LogP contribution < -0.4 is 0 Å². The predicted molar refractivity (Wildman–Crippen MR) is 54.3 cm³/mol. The molecular weight excluding hydrogens is 202 g/mol. The largest absolute Gasteiger partial charge is 0.489 e. The van der Waals surface area contributed by atoms with Crippen molar-refractivity contribution in [1.82, 2.24) is 4.57 Å². The Bertz CT molecular complexity index is 553. The summed E-state index contributed by atoms with van der Waals surface area (Å²) in [6.45, 7) is 0. The maximum atomic E-state index is 9.58. The third kappa shape index (κ3) is 1.03. The molecule has 4 nitrogen and oxygen atoms in total. The Morgan fingerprint density at radius 2 is 2.21 bits per heavy atom. The Morgan fingerprint density at radius 3 is 2.86 bits per heavy atom. The van der Waals surface area contributed by atoms with E-state index in [2.05, 4.69) is 4.98 Å². The summed E-state index contributed by atoms with van der Waals surface area (Å²) in [6, 6.07) is 5.11. The van der Waals surface area contributed by atoms with Crippen molar-refractivity contribution < 1.29 is 5.11 Å². The Kier molecular flexibility index (Phi) is 1.83. The molecule has 1 N–H and O–H groups in total. The monoisotopic (exact) mass is 208 g/mol. The van der Waals surface area contributed by atoms with E-state index in [-0.39, 0.29) is 11.6 Å². The molecule has 0 saturated heterocycles. The predicted octanol–water partition coefficient (Wildman–Crippen LogP) is 3.02. The van der Waals surface area contributed by atoms with Gasteiger partial charge in [0.2, 0.25) is 5.39 Å². The molecule has 0 amide bonds. The third-order valence-electron chi connectivity index (χ3n) is 2.20. The van der Waals surface area contributed by atoms with E-state index in [0.29, 0.717) is 10.4 Å². The number of benzene rings is 1. The molecule has 0 spiro atoms. The van der Waals surface area contributed by atoms with Crippen molar-refractivity contribution in [3.05, 3.63) is 28.2 Å². The Balaban J connectivity index is 2.98. The molecule has 5 heteroatoms. The summed E-state index contributed by atoms with van der Waals surface area (Å²) < 4.78 is 1.53. The Labute approximate surface area is 85.0 Å². The molecule has 0 atom stereocenters. The second kappa shape index (κ2) is 2.89. The minimum Gasteiger partial charge on any atom is -0.489 e. The average Bonchev–Trinajstić information content (AvgIpc) is 2.39. The number of aryl methyl sites for hydroxylation is 1. The van der Waals surface area contributed by atoms with Crippen LogP contribution in [0.3, 0.4) is 0 Å². The number of nitrogens with zero attached hydrogens (tertiary/aromatic N) is 3. The molecule has 0 fully saturated rings. The minimum absolute atomic E-state index is 0.0789. The number of rotatable bonds is 0. The molecule has 0 aliphatic heterocycles. The fraction of sp³-hybridized carbons (Fsp3) is 0.111. The Morgan fingerprint density at radius 1 is 1.50 bits per heavy atom. The molecule has 70 valence electrons. The summed E-state index contributed by atoms with van der Waals surface area (Å²) in [5.74, 6) is -0.0789. The number of diazo groups is 1. The first-order valence-electron chi connectivity index (χ1n) is 3.97. The summed E-state index contributed by atoms with van der Waals surface area (Å²) in [5.41, 5.74) is 0.907. The normalized spacial score (nSPS) is 10.4. The fourth-order valence-electron chi connectivity index (χ4n) is 1.48. The summed E-state index contributed by atoms with van der Waals surface area (Å²) in [4.78, 5) is 3.03. The van der Waals surface area contributed by atoms with Gasteiger partial charge in [-0.3, -0.25) is 0 Å². The lowest BCUT2D eigenvalue weighted by molar-refractivity contribution is 0.438. The minimum atomic E-state index is -0.0789. The SMILES string of the molecule is Cn1c(O)c([N+]#N)c2cc(Cl)ccc21. The van der Waals surface area contributed by atoms with Crippen LogP contribution in [0.5, 0.6) is 5.88 Å². The molecule has 2 aromatic rings. The molecule has 1 aromatic carbocycles. The van der Waals surface area contributed by atoms with E-state index in [0.717, 1.165) is 5.52 Å². The molecular formula is C9H7ClN3O+. The van der Waals surface area contributed by atoms with Gasteiger partial charge < -0.3 is 9.67 Å². The second-order valence-electron chi connectivity index (χ2n) is 2.99. The molecule has 0 saturated carbocycles. The fourth-order valence-corrected chi connectivity index (χ4v) is 1.65. The first kappa shape index (κ1) is 8.85. The van der Waals surface area contributed by atoms with Crippen molar-refractivity contribution in [3.8, 4) is 5.88 Å². The van der Waals surface area contributed by atoms with E-state index in [1.807, 2.05) is 0 Å². The first-order chi connectivity index (χ1) is 6.65. The van der Waals surface area contributed by atoms with E-state index in [1.54, 1.807) is 25.2 Å². The highest BCUT2D eigenvalue weighted by molar-refractivity contribution is 6.31. The van der Waals surface area contributed by atoms with Crippen molar-refractivity contribution in [2.24, 2.45) is 7.05 Å². The number of aromatic nitrogens is 1. The van der Waals surface area contributed by atoms with Gasteiger partial charge >= 0.3 is 5.69 Å². The van der Waals surface area contributed by atoms with Gasteiger partial charge in [-0.25, -0.2) is 0 Å². The number of hydrogen-bond donors (Lipinski definition) is 1. The highest BCUT2D eigenvalue weighted by Crippen LogP contribution is 2.38. The van der Waals surface area contributed by atoms with Crippen molar-refractivity contribution in [2.75, 3.05) is 0 Å². The Hall–Kier alpha value is -1.73. The van der Waals surface area contributed by atoms with Gasteiger partial charge in [0.05, 0.1) is 5.52 Å². The van der Waals surface area contributed by atoms with Gasteiger partial charge in [0.25, 0.3) is 5.88 Å². The standard InChI is InChI=1S/C9H6ClN3O/c1-13-7-3-2-5(10)4-6(7)8(12-11)9(13)14/h2-4H,1H3/p+1. The quantitative estimate of drug-likeness (QED) is 0.677. The summed E-state index contributed by atoms with van der Waals surface area (Å²) in [5, 5.41) is 19.5. The molecule has 0 aliphatic rings. The topological polar surface area (TPSA) is 53.3 Å². The van der Waals surface area contributed by atoms with E-state index >= 15 is 0 Å². The molecule has 1 aromatic heterocycles. The molecule has 0 bridgehead atoms. The van der Waals surface area contributed by atoms with E-state index in [1.165, 1.54) is 4.57 Å². The maximum absolute atomic E-state index is 9.58. The number of fused-ring (bicyclic) bond motifs is 1. The van der Waals surface area contributed by atoms with Gasteiger partial charge in [0, 0.05) is 12.1 Å². The van der Waals surface area contributed by atoms with Gasteiger partial charge in [0.1, 0.15) is 5.39 Å². The zero-order valence-corrected chi connectivity index (χ0v) is 8.15. The lowest BCUT2D eigenvalue weighted by atomic mass is 10.2. The van der Waals surface area contributed by atoms with Crippen molar-refractivity contribution in [3.63, 3.8) is 0 Å². The first-order valence-corrected chi connectivity index (χ1v) is 4.35. The number of aromatic hydroxyl groups is 1. The molecule has 1 heterocycles. The van der Waals surface area contributed by atoms with Crippen LogP contribution in [0.25, 0.3) is 15.9 Å². The summed E-state index contributed by atoms with van der Waals surface area (Å²) in [6.07, 6.45) is 0. The third-order valence-corrected chi connectivity index (χ3v) is 2.44. The van der Waals surface area contributed by atoms with Crippen molar-refractivity contribution in [2.45, 2.75) is 0 Å². The van der Waals surface area contributed by atoms with Crippen LogP contribution in [0.4, 0.5) is 5.69 Å².